The highest BCUT2D eigenvalue weighted by molar-refractivity contribution is 6.08. The first-order valence-electron chi connectivity index (χ1n) is 12.1. The predicted octanol–water partition coefficient (Wildman–Crippen LogP) is 0.223. The second-order valence-electron chi connectivity index (χ2n) is 10.3. The van der Waals surface area contributed by atoms with Gasteiger partial charge in [0.25, 0.3) is 23.6 Å². The van der Waals surface area contributed by atoms with Crippen molar-refractivity contribution >= 4 is 35.4 Å². The van der Waals surface area contributed by atoms with Crippen molar-refractivity contribution in [2.75, 3.05) is 0 Å². The molecule has 0 aromatic carbocycles. The number of imide groups is 2. The van der Waals surface area contributed by atoms with Crippen LogP contribution in [0.3, 0.4) is 0 Å². The van der Waals surface area contributed by atoms with Crippen molar-refractivity contribution in [1.82, 2.24) is 20.9 Å². The van der Waals surface area contributed by atoms with Crippen molar-refractivity contribution in [2.24, 2.45) is 47.3 Å². The zero-order valence-corrected chi connectivity index (χ0v) is 18.5. The highest BCUT2D eigenvalue weighted by atomic mass is 16.2. The van der Waals surface area contributed by atoms with Gasteiger partial charge in [-0.1, -0.05) is 24.3 Å². The summed E-state index contributed by atoms with van der Waals surface area (Å²) in [5.41, 5.74) is 4.87. The van der Waals surface area contributed by atoms with Crippen LogP contribution in [0.1, 0.15) is 38.5 Å². The van der Waals surface area contributed by atoms with Gasteiger partial charge in [0.1, 0.15) is 0 Å². The smallest absolute Gasteiger partial charge is 0.252 e. The summed E-state index contributed by atoms with van der Waals surface area (Å²) in [7, 11) is 0. The summed E-state index contributed by atoms with van der Waals surface area (Å²) in [6.45, 7) is 0. The summed E-state index contributed by atoms with van der Waals surface area (Å²) in [6.07, 6.45) is 10.4. The van der Waals surface area contributed by atoms with E-state index in [1.165, 1.54) is 0 Å². The van der Waals surface area contributed by atoms with Gasteiger partial charge in [-0.25, -0.2) is 0 Å². The molecule has 4 bridgehead atoms. The van der Waals surface area contributed by atoms with Crippen molar-refractivity contribution in [1.29, 1.82) is 0 Å². The normalized spacial score (nSPS) is 38.4. The summed E-state index contributed by atoms with van der Waals surface area (Å²) in [4.78, 5) is 75.1. The van der Waals surface area contributed by atoms with Crippen LogP contribution < -0.4 is 10.9 Å². The predicted molar refractivity (Wildman–Crippen MR) is 114 cm³/mol. The van der Waals surface area contributed by atoms with Crippen LogP contribution in [0, 0.1) is 47.3 Å². The Morgan fingerprint density at radius 2 is 0.912 bits per heavy atom. The van der Waals surface area contributed by atoms with Crippen LogP contribution >= 0.6 is 0 Å². The van der Waals surface area contributed by atoms with Gasteiger partial charge in [-0.05, 0) is 49.4 Å². The van der Waals surface area contributed by atoms with Gasteiger partial charge in [-0.2, -0.15) is 10.0 Å². The highest BCUT2D eigenvalue weighted by Crippen LogP contribution is 2.53. The van der Waals surface area contributed by atoms with E-state index in [0.29, 0.717) is 12.8 Å². The number of amides is 6. The third kappa shape index (κ3) is 3.00. The quantitative estimate of drug-likeness (QED) is 0.313. The van der Waals surface area contributed by atoms with Crippen molar-refractivity contribution < 1.29 is 28.8 Å². The standard InChI is InChI=1S/C24H26N4O6/c29-15(25-27-21(31)17-11-5-6-12(9-11)18(17)22(27)32)3-1-2-4-16(30)26-28-23(33)19-13-7-8-14(10-13)20(19)24(28)34/h5-8,11-14,17-20H,1-4,9-10H2,(H,25,29)(H,26,30)/t11-,12-,13+,14+,17-,18-,19-,20+/m1/s1. The Balaban J connectivity index is 0.939. The van der Waals surface area contributed by atoms with E-state index in [1.54, 1.807) is 0 Å². The first kappa shape index (κ1) is 21.2. The summed E-state index contributed by atoms with van der Waals surface area (Å²) in [6, 6.07) is 0. The van der Waals surface area contributed by atoms with E-state index in [0.717, 1.165) is 22.9 Å². The van der Waals surface area contributed by atoms with Crippen molar-refractivity contribution in [2.45, 2.75) is 38.5 Å². The molecular formula is C24H26N4O6. The highest BCUT2D eigenvalue weighted by Gasteiger charge is 2.61. The summed E-state index contributed by atoms with van der Waals surface area (Å²) < 4.78 is 0. The number of allylic oxidation sites excluding steroid dienone is 4. The van der Waals surface area contributed by atoms with Gasteiger partial charge in [0.15, 0.2) is 0 Å². The molecule has 10 nitrogen and oxygen atoms in total. The maximum Gasteiger partial charge on any atom is 0.252 e. The largest absolute Gasteiger partial charge is 0.273 e. The number of carbonyl (C=O) groups excluding carboxylic acids is 6. The molecule has 2 saturated heterocycles. The average Bonchev–Trinajstić information content (AvgIpc) is 3.65. The third-order valence-electron chi connectivity index (χ3n) is 8.47. The second-order valence-corrected chi connectivity index (χ2v) is 10.3. The number of hydrogen-bond acceptors (Lipinski definition) is 6. The number of carbonyl (C=O) groups is 6. The fourth-order valence-electron chi connectivity index (χ4n) is 6.96. The Morgan fingerprint density at radius 3 is 1.21 bits per heavy atom. The van der Waals surface area contributed by atoms with E-state index >= 15 is 0 Å². The number of unbranched alkanes of at least 4 members (excludes halogenated alkanes) is 1. The molecule has 178 valence electrons. The van der Waals surface area contributed by atoms with Gasteiger partial charge >= 0.3 is 0 Å². The number of hydrogen-bond donors (Lipinski definition) is 2. The van der Waals surface area contributed by atoms with E-state index in [1.807, 2.05) is 24.3 Å². The Kier molecular flexibility index (Phi) is 4.76. The lowest BCUT2D eigenvalue weighted by molar-refractivity contribution is -0.150. The zero-order chi connectivity index (χ0) is 23.7. The first-order valence-corrected chi connectivity index (χ1v) is 12.1. The molecule has 0 radical (unpaired) electrons. The summed E-state index contributed by atoms with van der Waals surface area (Å²) in [5.74, 6) is -3.44. The van der Waals surface area contributed by atoms with Crippen molar-refractivity contribution in [3.63, 3.8) is 0 Å². The minimum Gasteiger partial charge on any atom is -0.273 e. The van der Waals surface area contributed by atoms with Crippen LogP contribution in [0.2, 0.25) is 0 Å². The zero-order valence-electron chi connectivity index (χ0n) is 18.5. The molecule has 2 saturated carbocycles. The number of nitrogens with zero attached hydrogens (tertiary/aromatic N) is 2. The van der Waals surface area contributed by atoms with Crippen LogP contribution in [0.25, 0.3) is 0 Å². The SMILES string of the molecule is O=C(CCCCC(=O)NN1C(=O)[C@@H]2[C@H](C1=O)[C@H]1C=C[C@H]2C1)NN1C(=O)[C@H]2[C@H](C1=O)[C@@H]1C=C[C@@H]2C1. The molecule has 6 aliphatic rings. The summed E-state index contributed by atoms with van der Waals surface area (Å²) in [5, 5.41) is 1.75. The Bertz CT molecular complexity index is 937. The summed E-state index contributed by atoms with van der Waals surface area (Å²) >= 11 is 0. The molecular weight excluding hydrogens is 440 g/mol. The topological polar surface area (TPSA) is 133 Å². The molecule has 4 fully saturated rings. The van der Waals surface area contributed by atoms with Gasteiger partial charge < -0.3 is 0 Å². The molecule has 6 amide bonds. The Hall–Kier alpha value is -3.30. The Morgan fingerprint density at radius 1 is 0.618 bits per heavy atom. The van der Waals surface area contributed by atoms with E-state index < -0.39 is 11.8 Å². The van der Waals surface area contributed by atoms with Gasteiger partial charge in [0, 0.05) is 12.8 Å². The van der Waals surface area contributed by atoms with Crippen LogP contribution in [-0.2, 0) is 28.8 Å². The molecule has 2 heterocycles. The maximum atomic E-state index is 12.6. The van der Waals surface area contributed by atoms with Crippen LogP contribution in [0.15, 0.2) is 24.3 Å². The molecule has 6 rings (SSSR count). The van der Waals surface area contributed by atoms with E-state index in [-0.39, 0.29) is 83.8 Å². The minimum absolute atomic E-state index is 0.0472. The Labute approximate surface area is 195 Å². The monoisotopic (exact) mass is 466 g/mol. The molecule has 0 aromatic heterocycles. The molecule has 8 atom stereocenters. The minimum atomic E-state index is -0.455. The molecule has 0 aromatic rings. The average molecular weight is 466 g/mol. The van der Waals surface area contributed by atoms with E-state index in [4.69, 9.17) is 0 Å². The molecule has 34 heavy (non-hydrogen) atoms. The fraction of sp³-hybridized carbons (Fsp3) is 0.583. The maximum absolute atomic E-state index is 12.6. The molecule has 0 spiro atoms. The van der Waals surface area contributed by atoms with Crippen molar-refractivity contribution in [3.05, 3.63) is 24.3 Å². The second kappa shape index (κ2) is 7.61. The third-order valence-corrected chi connectivity index (χ3v) is 8.47. The molecule has 2 N–H and O–H groups in total. The van der Waals surface area contributed by atoms with Crippen molar-refractivity contribution in [3.8, 4) is 0 Å². The van der Waals surface area contributed by atoms with Gasteiger partial charge in [-0.15, -0.1) is 0 Å². The first-order chi connectivity index (χ1) is 16.3. The number of rotatable bonds is 7. The molecule has 4 aliphatic carbocycles. The van der Waals surface area contributed by atoms with Crippen LogP contribution in [0.5, 0.6) is 0 Å². The molecule has 10 heteroatoms. The van der Waals surface area contributed by atoms with Crippen LogP contribution in [-0.4, -0.2) is 45.5 Å². The fourth-order valence-corrected chi connectivity index (χ4v) is 6.96. The van der Waals surface area contributed by atoms with Gasteiger partial charge in [0.2, 0.25) is 11.8 Å². The lowest BCUT2D eigenvalue weighted by Gasteiger charge is -2.18. The molecule has 2 aliphatic heterocycles. The lowest BCUT2D eigenvalue weighted by atomic mass is 9.85. The van der Waals surface area contributed by atoms with Gasteiger partial charge in [0.05, 0.1) is 23.7 Å². The van der Waals surface area contributed by atoms with E-state index in [9.17, 15) is 28.8 Å². The van der Waals surface area contributed by atoms with Crippen LogP contribution in [0.4, 0.5) is 0 Å². The van der Waals surface area contributed by atoms with Gasteiger partial charge in [-0.3, -0.25) is 39.6 Å². The number of hydrazine groups is 2. The lowest BCUT2D eigenvalue weighted by Crippen LogP contribution is -2.47. The molecule has 0 unspecified atom stereocenters. The number of nitrogens with one attached hydrogen (secondary N) is 2. The number of fused-ring (bicyclic) bond motifs is 10. The van der Waals surface area contributed by atoms with E-state index in [2.05, 4.69) is 10.9 Å².